The molecule has 1 aromatic heterocycles. The Morgan fingerprint density at radius 3 is 2.60 bits per heavy atom. The van der Waals surface area contributed by atoms with Crippen LogP contribution in [0.3, 0.4) is 0 Å². The van der Waals surface area contributed by atoms with Crippen LogP contribution < -0.4 is 10.0 Å². The molecule has 0 saturated heterocycles. The molecule has 0 aliphatic carbocycles. The molecule has 25 heavy (non-hydrogen) atoms. The molecule has 1 atom stereocenters. The molecule has 0 saturated carbocycles. The number of nitrogens with zero attached hydrogens (tertiary/aromatic N) is 2. The second-order valence-electron chi connectivity index (χ2n) is 5.48. The third-order valence-electron chi connectivity index (χ3n) is 3.32. The number of rotatable bonds is 7. The Kier molecular flexibility index (Phi) is 6.40. The fourth-order valence-electron chi connectivity index (χ4n) is 2.04. The van der Waals surface area contributed by atoms with Gasteiger partial charge >= 0.3 is 6.09 Å². The van der Waals surface area contributed by atoms with Crippen molar-refractivity contribution in [3.05, 3.63) is 41.7 Å². The Bertz CT molecular complexity index is 820. The molecule has 0 unspecified atom stereocenters. The molecule has 0 spiro atoms. The van der Waals surface area contributed by atoms with Crippen LogP contribution in [0.2, 0.25) is 5.02 Å². The van der Waals surface area contributed by atoms with E-state index in [0.717, 1.165) is 0 Å². The molecular formula is C15H19ClN4O4S. The quantitative estimate of drug-likeness (QED) is 0.760. The van der Waals surface area contributed by atoms with E-state index in [1.165, 1.54) is 37.6 Å². The van der Waals surface area contributed by atoms with Crippen molar-refractivity contribution in [2.75, 3.05) is 19.0 Å². The minimum absolute atomic E-state index is 0.0195. The van der Waals surface area contributed by atoms with Crippen molar-refractivity contribution in [2.45, 2.75) is 18.4 Å². The number of aromatic nitrogens is 2. The maximum atomic E-state index is 12.3. The molecule has 2 rings (SSSR count). The molecule has 0 bridgehead atoms. The van der Waals surface area contributed by atoms with E-state index in [1.54, 1.807) is 10.9 Å². The van der Waals surface area contributed by atoms with Crippen LogP contribution in [0.1, 0.15) is 6.92 Å². The van der Waals surface area contributed by atoms with Gasteiger partial charge in [0.05, 0.1) is 23.2 Å². The van der Waals surface area contributed by atoms with Gasteiger partial charge in [0.1, 0.15) is 0 Å². The second kappa shape index (κ2) is 8.32. The predicted octanol–water partition coefficient (Wildman–Crippen LogP) is 2.33. The molecule has 10 heteroatoms. The van der Waals surface area contributed by atoms with E-state index in [2.05, 4.69) is 19.9 Å². The Morgan fingerprint density at radius 2 is 2.04 bits per heavy atom. The van der Waals surface area contributed by atoms with Crippen LogP contribution in [0.5, 0.6) is 0 Å². The van der Waals surface area contributed by atoms with Crippen LogP contribution in [0, 0.1) is 5.92 Å². The molecule has 0 aliphatic heterocycles. The van der Waals surface area contributed by atoms with Gasteiger partial charge in [-0.15, -0.1) is 0 Å². The largest absolute Gasteiger partial charge is 0.453 e. The number of hydrogen-bond acceptors (Lipinski definition) is 5. The molecule has 1 aromatic carbocycles. The Hall–Kier alpha value is -2.10. The standard InChI is InChI=1S/C15H19ClN4O4S/c1-11(9-20-10-12(16)8-17-20)7-18-25(22,23)14-5-3-13(4-6-14)19-15(21)24-2/h3-6,8,10-11,18H,7,9H2,1-2H3,(H,19,21)/t11-/m1/s1. The van der Waals surface area contributed by atoms with E-state index in [9.17, 15) is 13.2 Å². The highest BCUT2D eigenvalue weighted by Gasteiger charge is 2.16. The van der Waals surface area contributed by atoms with E-state index in [1.807, 2.05) is 6.92 Å². The van der Waals surface area contributed by atoms with E-state index in [4.69, 9.17) is 11.6 Å². The number of methoxy groups -OCH3 is 1. The lowest BCUT2D eigenvalue weighted by atomic mass is 10.2. The number of amides is 1. The summed E-state index contributed by atoms with van der Waals surface area (Å²) in [4.78, 5) is 11.2. The van der Waals surface area contributed by atoms with Gasteiger partial charge in [-0.25, -0.2) is 17.9 Å². The summed E-state index contributed by atoms with van der Waals surface area (Å²) >= 11 is 5.80. The third-order valence-corrected chi connectivity index (χ3v) is 4.95. The van der Waals surface area contributed by atoms with Gasteiger partial charge < -0.3 is 4.74 Å². The van der Waals surface area contributed by atoms with Gasteiger partial charge in [0, 0.05) is 25.0 Å². The second-order valence-corrected chi connectivity index (χ2v) is 7.68. The zero-order valence-electron chi connectivity index (χ0n) is 13.8. The number of carbonyl (C=O) groups is 1. The van der Waals surface area contributed by atoms with Crippen molar-refractivity contribution in [3.63, 3.8) is 0 Å². The summed E-state index contributed by atoms with van der Waals surface area (Å²) < 4.78 is 33.3. The highest BCUT2D eigenvalue weighted by Crippen LogP contribution is 2.15. The molecule has 2 N–H and O–H groups in total. The predicted molar refractivity (Wildman–Crippen MR) is 94.1 cm³/mol. The summed E-state index contributed by atoms with van der Waals surface area (Å²) in [6.07, 6.45) is 2.59. The first-order valence-corrected chi connectivity index (χ1v) is 9.29. The molecule has 0 radical (unpaired) electrons. The van der Waals surface area contributed by atoms with Crippen molar-refractivity contribution in [2.24, 2.45) is 5.92 Å². The SMILES string of the molecule is COC(=O)Nc1ccc(S(=O)(=O)NC[C@@H](C)Cn2cc(Cl)cn2)cc1. The van der Waals surface area contributed by atoms with Crippen molar-refractivity contribution in [1.82, 2.24) is 14.5 Å². The molecule has 8 nitrogen and oxygen atoms in total. The summed E-state index contributed by atoms with van der Waals surface area (Å²) in [5.41, 5.74) is 0.440. The first-order chi connectivity index (χ1) is 11.8. The fourth-order valence-corrected chi connectivity index (χ4v) is 3.36. The molecule has 0 aliphatic rings. The van der Waals surface area contributed by atoms with E-state index < -0.39 is 16.1 Å². The number of nitrogens with one attached hydrogen (secondary N) is 2. The van der Waals surface area contributed by atoms with Crippen molar-refractivity contribution >= 4 is 33.4 Å². The lowest BCUT2D eigenvalue weighted by Crippen LogP contribution is -2.30. The molecule has 136 valence electrons. The number of hydrogen-bond donors (Lipinski definition) is 2. The number of ether oxygens (including phenoxy) is 1. The maximum absolute atomic E-state index is 12.3. The normalized spacial score (nSPS) is 12.6. The van der Waals surface area contributed by atoms with Crippen LogP contribution in [0.15, 0.2) is 41.6 Å². The minimum Gasteiger partial charge on any atom is -0.453 e. The molecule has 2 aromatic rings. The van der Waals surface area contributed by atoms with Crippen LogP contribution in [-0.4, -0.2) is 37.9 Å². The van der Waals surface area contributed by atoms with Crippen LogP contribution >= 0.6 is 11.6 Å². The number of carbonyl (C=O) groups excluding carboxylic acids is 1. The van der Waals surface area contributed by atoms with Gasteiger partial charge in [0.15, 0.2) is 0 Å². The van der Waals surface area contributed by atoms with Gasteiger partial charge in [-0.2, -0.15) is 5.10 Å². The minimum atomic E-state index is -3.64. The average molecular weight is 387 g/mol. The van der Waals surface area contributed by atoms with Crippen LogP contribution in [-0.2, 0) is 21.3 Å². The van der Waals surface area contributed by atoms with Gasteiger partial charge in [-0.1, -0.05) is 18.5 Å². The van der Waals surface area contributed by atoms with E-state index >= 15 is 0 Å². The molecular weight excluding hydrogens is 368 g/mol. The molecule has 1 heterocycles. The van der Waals surface area contributed by atoms with Crippen molar-refractivity contribution in [1.29, 1.82) is 0 Å². The fraction of sp³-hybridized carbons (Fsp3) is 0.333. The summed E-state index contributed by atoms with van der Waals surface area (Å²) in [5.74, 6) is 0.0195. The van der Waals surface area contributed by atoms with E-state index in [-0.39, 0.29) is 17.4 Å². The summed E-state index contributed by atoms with van der Waals surface area (Å²) in [6, 6.07) is 5.79. The van der Waals surface area contributed by atoms with Crippen molar-refractivity contribution in [3.8, 4) is 0 Å². The first-order valence-electron chi connectivity index (χ1n) is 7.43. The zero-order valence-corrected chi connectivity index (χ0v) is 15.3. The Balaban J connectivity index is 1.93. The monoisotopic (exact) mass is 386 g/mol. The number of anilines is 1. The maximum Gasteiger partial charge on any atom is 0.411 e. The average Bonchev–Trinajstić information content (AvgIpc) is 2.98. The van der Waals surface area contributed by atoms with E-state index in [0.29, 0.717) is 17.3 Å². The summed E-state index contributed by atoms with van der Waals surface area (Å²) in [6.45, 7) is 2.70. The lowest BCUT2D eigenvalue weighted by Gasteiger charge is -2.13. The molecule has 0 fully saturated rings. The third kappa shape index (κ3) is 5.73. The van der Waals surface area contributed by atoms with Crippen molar-refractivity contribution < 1.29 is 17.9 Å². The summed E-state index contributed by atoms with van der Waals surface area (Å²) in [5, 5.41) is 7.05. The highest BCUT2D eigenvalue weighted by molar-refractivity contribution is 7.89. The molecule has 1 amide bonds. The van der Waals surface area contributed by atoms with Crippen LogP contribution in [0.25, 0.3) is 0 Å². The Labute approximate surface area is 151 Å². The zero-order chi connectivity index (χ0) is 18.4. The van der Waals surface area contributed by atoms with Gasteiger partial charge in [0.2, 0.25) is 10.0 Å². The summed E-state index contributed by atoms with van der Waals surface area (Å²) in [7, 11) is -2.40. The topological polar surface area (TPSA) is 102 Å². The van der Waals surface area contributed by atoms with Gasteiger partial charge in [-0.05, 0) is 30.2 Å². The Morgan fingerprint density at radius 1 is 1.36 bits per heavy atom. The van der Waals surface area contributed by atoms with Gasteiger partial charge in [0.25, 0.3) is 0 Å². The smallest absolute Gasteiger partial charge is 0.411 e. The number of halogens is 1. The van der Waals surface area contributed by atoms with Gasteiger partial charge in [-0.3, -0.25) is 10.00 Å². The number of sulfonamides is 1. The lowest BCUT2D eigenvalue weighted by molar-refractivity contribution is 0.187. The highest BCUT2D eigenvalue weighted by atomic mass is 35.5. The van der Waals surface area contributed by atoms with Crippen LogP contribution in [0.4, 0.5) is 10.5 Å². The first kappa shape index (κ1) is 19.2. The number of benzene rings is 1.